The number of carbonyl (C=O) groups excluding carboxylic acids is 1. The Balaban J connectivity index is 2.15. The number of aromatic nitrogens is 1. The highest BCUT2D eigenvalue weighted by Crippen LogP contribution is 2.42. The number of anilines is 4. The number of benzene rings is 1. The highest BCUT2D eigenvalue weighted by molar-refractivity contribution is 6.09. The lowest BCUT2D eigenvalue weighted by Gasteiger charge is -2.33. The Morgan fingerprint density at radius 2 is 2.16 bits per heavy atom. The maximum absolute atomic E-state index is 14.1. The highest BCUT2D eigenvalue weighted by Gasteiger charge is 2.27. The van der Waals surface area contributed by atoms with E-state index in [0.717, 1.165) is 42.3 Å². The average molecular weight is 443 g/mol. The van der Waals surface area contributed by atoms with Gasteiger partial charge in [0, 0.05) is 69.0 Å². The molecule has 1 aromatic heterocycles. The molecule has 0 unspecified atom stereocenters. The van der Waals surface area contributed by atoms with Crippen LogP contribution in [-0.4, -0.2) is 44.7 Å². The first-order valence-corrected chi connectivity index (χ1v) is 10.5. The minimum Gasteiger partial charge on any atom is -0.393 e. The van der Waals surface area contributed by atoms with Crippen LogP contribution in [0.15, 0.2) is 30.6 Å². The molecule has 2 heterocycles. The first-order valence-electron chi connectivity index (χ1n) is 10.5. The number of hydrogen-bond acceptors (Lipinski definition) is 7. The summed E-state index contributed by atoms with van der Waals surface area (Å²) in [5.41, 5.74) is 3.77. The van der Waals surface area contributed by atoms with Crippen molar-refractivity contribution in [3.63, 3.8) is 0 Å². The summed E-state index contributed by atoms with van der Waals surface area (Å²) in [4.78, 5) is 17.3. The van der Waals surface area contributed by atoms with Crippen molar-refractivity contribution in [2.45, 2.75) is 25.7 Å². The largest absolute Gasteiger partial charge is 0.393 e. The molecule has 1 aromatic carbocycles. The van der Waals surface area contributed by atoms with Crippen LogP contribution in [-0.2, 0) is 11.2 Å². The van der Waals surface area contributed by atoms with Gasteiger partial charge in [-0.15, -0.1) is 0 Å². The lowest BCUT2D eigenvalue weighted by atomic mass is 9.92. The Morgan fingerprint density at radius 1 is 1.34 bits per heavy atom. The van der Waals surface area contributed by atoms with Gasteiger partial charge in [0.15, 0.2) is 5.82 Å². The number of hydrogen-bond donors (Lipinski definition) is 4. The molecule has 7 nitrogen and oxygen atoms in total. The van der Waals surface area contributed by atoms with E-state index in [0.29, 0.717) is 42.2 Å². The number of aldehydes is 1. The van der Waals surface area contributed by atoms with Gasteiger partial charge in [-0.3, -0.25) is 0 Å². The number of pyridine rings is 1. The SMILES string of the molecule is CN/C=C(\C=N)c1cc2c(cc1C(F)F)N(c1nccc(NC)c1NCCC=O)CCC2. The zero-order valence-corrected chi connectivity index (χ0v) is 18.2. The van der Waals surface area contributed by atoms with E-state index in [4.69, 9.17) is 5.41 Å². The van der Waals surface area contributed by atoms with Crippen molar-refractivity contribution in [2.75, 3.05) is 42.7 Å². The number of halogens is 2. The molecule has 4 N–H and O–H groups in total. The third kappa shape index (κ3) is 4.71. The van der Waals surface area contributed by atoms with E-state index in [-0.39, 0.29) is 5.56 Å². The Kier molecular flexibility index (Phi) is 7.75. The minimum absolute atomic E-state index is 0.124. The van der Waals surface area contributed by atoms with Crippen LogP contribution in [0.5, 0.6) is 0 Å². The molecule has 0 fully saturated rings. The maximum Gasteiger partial charge on any atom is 0.264 e. The summed E-state index contributed by atoms with van der Waals surface area (Å²) in [6.45, 7) is 1.07. The fourth-order valence-electron chi connectivity index (χ4n) is 3.95. The summed E-state index contributed by atoms with van der Waals surface area (Å²) < 4.78 is 28.1. The zero-order valence-electron chi connectivity index (χ0n) is 18.2. The number of alkyl halides is 2. The molecule has 0 atom stereocenters. The van der Waals surface area contributed by atoms with Gasteiger partial charge < -0.3 is 31.1 Å². The Morgan fingerprint density at radius 3 is 2.81 bits per heavy atom. The van der Waals surface area contributed by atoms with Crippen molar-refractivity contribution in [2.24, 2.45) is 0 Å². The van der Waals surface area contributed by atoms with E-state index in [1.807, 2.05) is 11.0 Å². The summed E-state index contributed by atoms with van der Waals surface area (Å²) in [5, 5.41) is 16.9. The molecule has 0 saturated carbocycles. The maximum atomic E-state index is 14.1. The summed E-state index contributed by atoms with van der Waals surface area (Å²) >= 11 is 0. The Bertz CT molecular complexity index is 1010. The van der Waals surface area contributed by atoms with E-state index in [9.17, 15) is 13.6 Å². The fraction of sp³-hybridized carbons (Fsp3) is 0.348. The predicted molar refractivity (Wildman–Crippen MR) is 126 cm³/mol. The number of rotatable bonds is 10. The molecule has 1 aliphatic rings. The zero-order chi connectivity index (χ0) is 23.1. The first-order chi connectivity index (χ1) is 15.5. The first kappa shape index (κ1) is 23.2. The number of nitrogens with zero attached hydrogens (tertiary/aromatic N) is 2. The van der Waals surface area contributed by atoms with Crippen molar-refractivity contribution in [1.82, 2.24) is 10.3 Å². The molecule has 0 amide bonds. The quantitative estimate of drug-likeness (QED) is 0.248. The van der Waals surface area contributed by atoms with Crippen LogP contribution in [0.1, 0.15) is 36.0 Å². The van der Waals surface area contributed by atoms with Gasteiger partial charge in [0.1, 0.15) is 12.0 Å². The third-order valence-electron chi connectivity index (χ3n) is 5.39. The van der Waals surface area contributed by atoms with Gasteiger partial charge in [-0.05, 0) is 42.2 Å². The molecule has 32 heavy (non-hydrogen) atoms. The molecule has 170 valence electrons. The smallest absolute Gasteiger partial charge is 0.264 e. The second-order valence-corrected chi connectivity index (χ2v) is 7.35. The van der Waals surface area contributed by atoms with Crippen molar-refractivity contribution in [3.05, 3.63) is 47.3 Å². The molecule has 0 spiro atoms. The Hall–Kier alpha value is -3.49. The minimum atomic E-state index is -2.69. The van der Waals surface area contributed by atoms with Crippen LogP contribution >= 0.6 is 0 Å². The van der Waals surface area contributed by atoms with Crippen LogP contribution in [0.25, 0.3) is 5.57 Å². The molecule has 2 aromatic rings. The van der Waals surface area contributed by atoms with E-state index < -0.39 is 6.43 Å². The second kappa shape index (κ2) is 10.7. The number of aryl methyl sites for hydroxylation is 1. The van der Waals surface area contributed by atoms with Crippen molar-refractivity contribution in [3.8, 4) is 0 Å². The lowest BCUT2D eigenvalue weighted by molar-refractivity contribution is -0.107. The van der Waals surface area contributed by atoms with Crippen LogP contribution < -0.4 is 20.9 Å². The monoisotopic (exact) mass is 442 g/mol. The molecular formula is C23H28F2N6O. The van der Waals surface area contributed by atoms with Crippen molar-refractivity contribution >= 4 is 41.0 Å². The molecule has 1 aliphatic heterocycles. The van der Waals surface area contributed by atoms with Crippen LogP contribution in [0.2, 0.25) is 0 Å². The summed E-state index contributed by atoms with van der Waals surface area (Å²) in [6, 6.07) is 5.10. The van der Waals surface area contributed by atoms with Crippen LogP contribution in [0.4, 0.5) is 31.7 Å². The second-order valence-electron chi connectivity index (χ2n) is 7.35. The Labute approximate surface area is 186 Å². The van der Waals surface area contributed by atoms with Crippen LogP contribution in [0, 0.1) is 5.41 Å². The lowest BCUT2D eigenvalue weighted by Crippen LogP contribution is -2.27. The molecule has 0 radical (unpaired) electrons. The third-order valence-corrected chi connectivity index (χ3v) is 5.39. The number of allylic oxidation sites excluding steroid dienone is 1. The van der Waals surface area contributed by atoms with Gasteiger partial charge in [-0.25, -0.2) is 13.8 Å². The van der Waals surface area contributed by atoms with E-state index in [1.165, 1.54) is 6.07 Å². The van der Waals surface area contributed by atoms with Gasteiger partial charge in [0.05, 0.1) is 5.69 Å². The molecule has 0 saturated heterocycles. The topological polar surface area (TPSA) is 93.1 Å². The van der Waals surface area contributed by atoms with Gasteiger partial charge >= 0.3 is 0 Å². The van der Waals surface area contributed by atoms with E-state index >= 15 is 0 Å². The molecule has 9 heteroatoms. The molecule has 3 rings (SSSR count). The van der Waals surface area contributed by atoms with Crippen molar-refractivity contribution in [1.29, 1.82) is 5.41 Å². The van der Waals surface area contributed by atoms with Crippen molar-refractivity contribution < 1.29 is 13.6 Å². The summed E-state index contributed by atoms with van der Waals surface area (Å²) in [7, 11) is 3.47. The highest BCUT2D eigenvalue weighted by atomic mass is 19.3. The molecule has 0 aliphatic carbocycles. The predicted octanol–water partition coefficient (Wildman–Crippen LogP) is 4.36. The standard InChI is InChI=1S/C23H28F2N6O/c1-27-14-16(13-26)17-11-15-5-3-9-31(20(15)12-18(17)22(24)25)23-21(29-7-4-10-32)19(28-2)6-8-30-23/h6,8,10-14,22,26-27,29H,3-5,7,9H2,1-2H3,(H,28,30)/b16-14+,26-13?. The fourth-order valence-corrected chi connectivity index (χ4v) is 3.95. The van der Waals surface area contributed by atoms with Gasteiger partial charge in [-0.1, -0.05) is 0 Å². The summed E-state index contributed by atoms with van der Waals surface area (Å²) in [6.07, 6.45) is 4.37. The van der Waals surface area contributed by atoms with Gasteiger partial charge in [-0.2, -0.15) is 0 Å². The molecule has 0 bridgehead atoms. The number of nitrogens with one attached hydrogen (secondary N) is 4. The van der Waals surface area contributed by atoms with E-state index in [2.05, 4.69) is 20.9 Å². The number of carbonyl (C=O) groups is 1. The van der Waals surface area contributed by atoms with E-state index in [1.54, 1.807) is 32.6 Å². The van der Waals surface area contributed by atoms with Gasteiger partial charge in [0.25, 0.3) is 6.43 Å². The normalized spacial score (nSPS) is 13.5. The number of fused-ring (bicyclic) bond motifs is 1. The van der Waals surface area contributed by atoms with Crippen LogP contribution in [0.3, 0.4) is 0 Å². The van der Waals surface area contributed by atoms with Gasteiger partial charge in [0.2, 0.25) is 0 Å². The average Bonchev–Trinajstić information content (AvgIpc) is 2.81. The summed E-state index contributed by atoms with van der Waals surface area (Å²) in [5.74, 6) is 0.620. The molecular weight excluding hydrogens is 414 g/mol.